The highest BCUT2D eigenvalue weighted by molar-refractivity contribution is 5.91. The van der Waals surface area contributed by atoms with Crippen LogP contribution in [-0.4, -0.2) is 39.9 Å². The fourth-order valence-corrected chi connectivity index (χ4v) is 2.45. The number of methoxy groups -OCH3 is 1. The minimum absolute atomic E-state index is 0.0157. The topological polar surface area (TPSA) is 107 Å². The average molecular weight is 370 g/mol. The zero-order valence-electron chi connectivity index (χ0n) is 14.9. The van der Waals surface area contributed by atoms with Gasteiger partial charge in [-0.05, 0) is 47.9 Å². The first kappa shape index (κ1) is 20.1. The van der Waals surface area contributed by atoms with Gasteiger partial charge in [-0.1, -0.05) is 18.2 Å². The highest BCUT2D eigenvalue weighted by Crippen LogP contribution is 2.27. The van der Waals surface area contributed by atoms with Gasteiger partial charge in [0, 0.05) is 18.1 Å². The molecule has 27 heavy (non-hydrogen) atoms. The van der Waals surface area contributed by atoms with Crippen LogP contribution in [0, 0.1) is 0 Å². The Morgan fingerprint density at radius 2 is 2.07 bits per heavy atom. The highest BCUT2D eigenvalue weighted by Gasteiger charge is 2.09. The van der Waals surface area contributed by atoms with Crippen molar-refractivity contribution in [3.05, 3.63) is 76.8 Å². The van der Waals surface area contributed by atoms with Gasteiger partial charge in [0.25, 0.3) is 0 Å². The number of carbonyl (C=O) groups excluding carboxylic acids is 1. The van der Waals surface area contributed by atoms with E-state index in [9.17, 15) is 20.1 Å². The van der Waals surface area contributed by atoms with Gasteiger partial charge in [0.15, 0.2) is 17.3 Å². The predicted octanol–water partition coefficient (Wildman–Crippen LogP) is 3.51. The molecule has 2 rings (SSSR count). The van der Waals surface area contributed by atoms with E-state index in [0.717, 1.165) is 11.6 Å². The maximum Gasteiger partial charge on any atom is 0.163 e. The molecule has 0 aromatic heterocycles. The number of allylic oxidation sites excluding steroid dienone is 6. The van der Waals surface area contributed by atoms with Gasteiger partial charge in [0.2, 0.25) is 0 Å². The molecule has 4 N–H and O–H groups in total. The first-order chi connectivity index (χ1) is 12.9. The van der Waals surface area contributed by atoms with Crippen molar-refractivity contribution in [3.63, 3.8) is 0 Å². The highest BCUT2D eigenvalue weighted by atomic mass is 16.5. The minimum atomic E-state index is -0.286. The van der Waals surface area contributed by atoms with Gasteiger partial charge >= 0.3 is 0 Å². The van der Waals surface area contributed by atoms with E-state index < -0.39 is 0 Å². The Morgan fingerprint density at radius 1 is 1.30 bits per heavy atom. The van der Waals surface area contributed by atoms with Crippen molar-refractivity contribution in [2.75, 3.05) is 13.7 Å². The summed E-state index contributed by atoms with van der Waals surface area (Å²) in [4.78, 5) is 12.0. The smallest absolute Gasteiger partial charge is 0.163 e. The van der Waals surface area contributed by atoms with Crippen LogP contribution < -0.4 is 4.74 Å². The van der Waals surface area contributed by atoms with Crippen molar-refractivity contribution in [1.29, 1.82) is 0 Å². The number of benzene rings is 1. The molecule has 1 aromatic rings. The maximum atomic E-state index is 12.0. The summed E-state index contributed by atoms with van der Waals surface area (Å²) in [7, 11) is 1.44. The van der Waals surface area contributed by atoms with Crippen LogP contribution in [0.15, 0.2) is 71.2 Å². The van der Waals surface area contributed by atoms with Gasteiger partial charge in [0.05, 0.1) is 13.7 Å². The molecular formula is C21H22O6. The Balaban J connectivity index is 1.98. The molecular weight excluding hydrogens is 348 g/mol. The number of phenols is 1. The quantitative estimate of drug-likeness (QED) is 0.332. The molecule has 0 aliphatic heterocycles. The van der Waals surface area contributed by atoms with Crippen LogP contribution in [0.3, 0.4) is 0 Å². The van der Waals surface area contributed by atoms with Crippen LogP contribution in [0.2, 0.25) is 0 Å². The van der Waals surface area contributed by atoms with Crippen LogP contribution >= 0.6 is 0 Å². The van der Waals surface area contributed by atoms with Gasteiger partial charge in [-0.25, -0.2) is 0 Å². The van der Waals surface area contributed by atoms with Crippen LogP contribution in [-0.2, 0) is 4.79 Å². The fourth-order valence-electron chi connectivity index (χ4n) is 2.45. The predicted molar refractivity (Wildman–Crippen MR) is 103 cm³/mol. The molecule has 0 spiro atoms. The van der Waals surface area contributed by atoms with Crippen molar-refractivity contribution in [2.24, 2.45) is 0 Å². The molecule has 0 fully saturated rings. The number of hydrogen-bond donors (Lipinski definition) is 4. The SMILES string of the molecule is COc1cc(C=CC(O)=CC(=O)CC=C2C=C(CO)C(O)=CC2)ccc1O. The fraction of sp³-hybridized carbons (Fsp3) is 0.190. The van der Waals surface area contributed by atoms with E-state index in [-0.39, 0.29) is 36.1 Å². The van der Waals surface area contributed by atoms with E-state index in [1.54, 1.807) is 36.4 Å². The molecule has 0 atom stereocenters. The Bertz CT molecular complexity index is 855. The second-order valence-corrected chi connectivity index (χ2v) is 5.90. The van der Waals surface area contributed by atoms with Crippen molar-refractivity contribution in [3.8, 4) is 11.5 Å². The molecule has 142 valence electrons. The van der Waals surface area contributed by atoms with Gasteiger partial charge in [-0.15, -0.1) is 0 Å². The van der Waals surface area contributed by atoms with E-state index in [4.69, 9.17) is 9.84 Å². The van der Waals surface area contributed by atoms with E-state index >= 15 is 0 Å². The van der Waals surface area contributed by atoms with E-state index in [0.29, 0.717) is 23.3 Å². The van der Waals surface area contributed by atoms with Gasteiger partial charge in [-0.2, -0.15) is 0 Å². The molecule has 1 aromatic carbocycles. The molecule has 0 unspecified atom stereocenters. The summed E-state index contributed by atoms with van der Waals surface area (Å²) >= 11 is 0. The number of ether oxygens (including phenoxy) is 1. The molecule has 0 saturated carbocycles. The normalized spacial score (nSPS) is 16.4. The van der Waals surface area contributed by atoms with E-state index in [1.165, 1.54) is 19.3 Å². The summed E-state index contributed by atoms with van der Waals surface area (Å²) in [6.07, 6.45) is 9.56. The molecule has 0 amide bonds. The number of carbonyl (C=O) groups is 1. The van der Waals surface area contributed by atoms with Crippen molar-refractivity contribution in [2.45, 2.75) is 12.8 Å². The van der Waals surface area contributed by atoms with Crippen LogP contribution in [0.5, 0.6) is 11.5 Å². The molecule has 6 heteroatoms. The molecule has 6 nitrogen and oxygen atoms in total. The minimum Gasteiger partial charge on any atom is -0.508 e. The number of ketones is 1. The van der Waals surface area contributed by atoms with Gasteiger partial charge in [-0.3, -0.25) is 4.79 Å². The average Bonchev–Trinajstić information content (AvgIpc) is 2.66. The van der Waals surface area contributed by atoms with E-state index in [1.807, 2.05) is 0 Å². The lowest BCUT2D eigenvalue weighted by molar-refractivity contribution is -0.113. The molecule has 1 aliphatic rings. The maximum absolute atomic E-state index is 12.0. The molecule has 0 bridgehead atoms. The van der Waals surface area contributed by atoms with Gasteiger partial charge < -0.3 is 25.2 Å². The van der Waals surface area contributed by atoms with Crippen molar-refractivity contribution in [1.82, 2.24) is 0 Å². The standard InChI is InChI=1S/C21H22O6/c1-27-21-11-15(5-9-20(21)26)3-7-18(24)12-17(23)6-2-14-4-8-19(25)16(10-14)13-22/h2-3,5,7-12,22,24-26H,4,6,13H2,1H3. The second-order valence-electron chi connectivity index (χ2n) is 5.90. The second kappa shape index (κ2) is 9.45. The van der Waals surface area contributed by atoms with Crippen molar-refractivity contribution < 1.29 is 30.0 Å². The summed E-state index contributed by atoms with van der Waals surface area (Å²) in [5.41, 5.74) is 1.91. The number of aromatic hydroxyl groups is 1. The van der Waals surface area contributed by atoms with E-state index in [2.05, 4.69) is 0 Å². The monoisotopic (exact) mass is 370 g/mol. The third-order valence-corrected chi connectivity index (χ3v) is 3.91. The van der Waals surface area contributed by atoms with Crippen LogP contribution in [0.4, 0.5) is 0 Å². The first-order valence-electron chi connectivity index (χ1n) is 8.31. The molecule has 0 radical (unpaired) electrons. The summed E-state index contributed by atoms with van der Waals surface area (Å²) in [6.45, 7) is -0.277. The van der Waals surface area contributed by atoms with Gasteiger partial charge in [0.1, 0.15) is 11.5 Å². The Morgan fingerprint density at radius 3 is 2.78 bits per heavy atom. The zero-order valence-corrected chi connectivity index (χ0v) is 14.9. The lowest BCUT2D eigenvalue weighted by atomic mass is 9.99. The Hall–Kier alpha value is -3.25. The molecule has 0 saturated heterocycles. The van der Waals surface area contributed by atoms with Crippen molar-refractivity contribution >= 4 is 11.9 Å². The van der Waals surface area contributed by atoms with Crippen LogP contribution in [0.1, 0.15) is 18.4 Å². The summed E-state index contributed by atoms with van der Waals surface area (Å²) in [5.74, 6) is -0.105. The summed E-state index contributed by atoms with van der Waals surface area (Å²) in [6, 6.07) is 4.72. The third kappa shape index (κ3) is 5.90. The number of hydrogen-bond acceptors (Lipinski definition) is 6. The number of rotatable bonds is 7. The lowest BCUT2D eigenvalue weighted by Gasteiger charge is -2.11. The largest absolute Gasteiger partial charge is 0.508 e. The van der Waals surface area contributed by atoms with Crippen LogP contribution in [0.25, 0.3) is 6.08 Å². The first-order valence-corrected chi connectivity index (χ1v) is 8.31. The zero-order chi connectivity index (χ0) is 19.8. The third-order valence-electron chi connectivity index (χ3n) is 3.91. The number of aliphatic hydroxyl groups is 3. The number of aliphatic hydroxyl groups excluding tert-OH is 3. The lowest BCUT2D eigenvalue weighted by Crippen LogP contribution is -2.01. The Kier molecular flexibility index (Phi) is 7.02. The molecule has 1 aliphatic carbocycles. The summed E-state index contributed by atoms with van der Waals surface area (Å²) in [5, 5.41) is 38.1. The molecule has 0 heterocycles. The number of phenolic OH excluding ortho intramolecular Hbond substituents is 1. The Labute approximate surface area is 157 Å². The summed E-state index contributed by atoms with van der Waals surface area (Å²) < 4.78 is 5.01.